The Morgan fingerprint density at radius 1 is 0.857 bits per heavy atom. The topological polar surface area (TPSA) is 48.8 Å². The van der Waals surface area contributed by atoms with Crippen LogP contribution in [0, 0.1) is 11.3 Å². The molecule has 3 nitrogen and oxygen atoms in total. The molecule has 1 aromatic heterocycles. The molecule has 0 radical (unpaired) electrons. The van der Waals surface area contributed by atoms with Crippen molar-refractivity contribution in [2.24, 2.45) is 0 Å². The monoisotopic (exact) mass is 274 g/mol. The summed E-state index contributed by atoms with van der Waals surface area (Å²) in [5, 5.41) is 9.50. The quantitative estimate of drug-likeness (QED) is 0.777. The summed E-state index contributed by atoms with van der Waals surface area (Å²) in [4.78, 5) is 3.34. The van der Waals surface area contributed by atoms with Gasteiger partial charge in [-0.25, -0.2) is 0 Å². The second-order valence-electron chi connectivity index (χ2n) is 4.63. The Hall–Kier alpha value is -2.99. The van der Waals surface area contributed by atoms with Gasteiger partial charge < -0.3 is 9.72 Å². The molecule has 0 spiro atoms. The van der Waals surface area contributed by atoms with Gasteiger partial charge in [0.2, 0.25) is 0 Å². The van der Waals surface area contributed by atoms with Crippen molar-refractivity contribution in [3.8, 4) is 34.3 Å². The molecule has 2 aromatic carbocycles. The molecule has 0 aliphatic rings. The van der Waals surface area contributed by atoms with E-state index in [9.17, 15) is 5.26 Å². The summed E-state index contributed by atoms with van der Waals surface area (Å²) >= 11 is 0. The van der Waals surface area contributed by atoms with Crippen LogP contribution in [-0.2, 0) is 0 Å². The highest BCUT2D eigenvalue weighted by Crippen LogP contribution is 2.38. The summed E-state index contributed by atoms with van der Waals surface area (Å²) < 4.78 is 5.47. The van der Waals surface area contributed by atoms with Crippen LogP contribution >= 0.6 is 0 Å². The van der Waals surface area contributed by atoms with Gasteiger partial charge in [0.1, 0.15) is 11.6 Å². The highest BCUT2D eigenvalue weighted by molar-refractivity contribution is 5.81. The average molecular weight is 274 g/mol. The first-order valence-electron chi connectivity index (χ1n) is 6.66. The Kier molecular flexibility index (Phi) is 3.44. The fourth-order valence-electron chi connectivity index (χ4n) is 2.42. The minimum atomic E-state index is 0.530. The highest BCUT2D eigenvalue weighted by atomic mass is 16.5. The van der Waals surface area contributed by atoms with Gasteiger partial charge in [0.05, 0.1) is 18.5 Å². The molecular formula is C18H14N2O. The first-order valence-corrected chi connectivity index (χ1v) is 6.66. The number of methoxy groups -OCH3 is 1. The van der Waals surface area contributed by atoms with Crippen LogP contribution in [-0.4, -0.2) is 12.1 Å². The normalized spacial score (nSPS) is 10.1. The number of nitriles is 1. The number of rotatable bonds is 3. The SMILES string of the molecule is COc1c(-c2ccccc2)[nH]c(-c2ccccc2)c1C#N. The lowest BCUT2D eigenvalue weighted by molar-refractivity contribution is 0.416. The van der Waals surface area contributed by atoms with Crippen molar-refractivity contribution >= 4 is 0 Å². The summed E-state index contributed by atoms with van der Waals surface area (Å²) in [5.41, 5.74) is 4.10. The van der Waals surface area contributed by atoms with Crippen molar-refractivity contribution in [1.82, 2.24) is 4.98 Å². The molecule has 0 saturated heterocycles. The van der Waals surface area contributed by atoms with E-state index in [0.717, 1.165) is 22.5 Å². The van der Waals surface area contributed by atoms with E-state index in [0.29, 0.717) is 11.3 Å². The van der Waals surface area contributed by atoms with E-state index >= 15 is 0 Å². The lowest BCUT2D eigenvalue weighted by Gasteiger charge is -2.02. The third-order valence-electron chi connectivity index (χ3n) is 3.39. The Balaban J connectivity index is 2.24. The van der Waals surface area contributed by atoms with Crippen LogP contribution in [0.4, 0.5) is 0 Å². The number of nitrogens with one attached hydrogen (secondary N) is 1. The molecule has 3 aromatic rings. The van der Waals surface area contributed by atoms with Crippen molar-refractivity contribution in [1.29, 1.82) is 5.26 Å². The van der Waals surface area contributed by atoms with Crippen LogP contribution in [0.5, 0.6) is 5.75 Å². The Morgan fingerprint density at radius 3 is 1.86 bits per heavy atom. The second-order valence-corrected chi connectivity index (χ2v) is 4.63. The summed E-state index contributed by atoms with van der Waals surface area (Å²) in [6, 6.07) is 21.9. The lowest BCUT2D eigenvalue weighted by Crippen LogP contribution is -1.87. The maximum atomic E-state index is 9.50. The summed E-state index contributed by atoms with van der Waals surface area (Å²) in [7, 11) is 1.59. The van der Waals surface area contributed by atoms with Gasteiger partial charge >= 0.3 is 0 Å². The number of hydrogen-bond acceptors (Lipinski definition) is 2. The second kappa shape index (κ2) is 5.56. The lowest BCUT2D eigenvalue weighted by atomic mass is 10.1. The Morgan fingerprint density at radius 2 is 1.38 bits per heavy atom. The van der Waals surface area contributed by atoms with Gasteiger partial charge in [-0.2, -0.15) is 5.26 Å². The molecule has 3 rings (SSSR count). The summed E-state index contributed by atoms with van der Waals surface area (Å²) in [5.74, 6) is 0.586. The molecule has 102 valence electrons. The van der Waals surface area contributed by atoms with E-state index < -0.39 is 0 Å². The zero-order valence-corrected chi connectivity index (χ0v) is 11.6. The predicted molar refractivity (Wildman–Crippen MR) is 82.9 cm³/mol. The summed E-state index contributed by atoms with van der Waals surface area (Å²) in [6.45, 7) is 0. The van der Waals surface area contributed by atoms with Crippen LogP contribution in [0.25, 0.3) is 22.5 Å². The van der Waals surface area contributed by atoms with Crippen molar-refractivity contribution in [2.75, 3.05) is 7.11 Å². The molecule has 0 atom stereocenters. The van der Waals surface area contributed by atoms with Crippen LogP contribution in [0.1, 0.15) is 5.56 Å². The van der Waals surface area contributed by atoms with Gasteiger partial charge in [0.25, 0.3) is 0 Å². The molecule has 0 amide bonds. The van der Waals surface area contributed by atoms with E-state index in [2.05, 4.69) is 11.1 Å². The van der Waals surface area contributed by atoms with Gasteiger partial charge in [-0.3, -0.25) is 0 Å². The number of benzene rings is 2. The van der Waals surface area contributed by atoms with Crippen LogP contribution in [0.15, 0.2) is 60.7 Å². The maximum Gasteiger partial charge on any atom is 0.162 e. The molecule has 0 fully saturated rings. The molecule has 0 unspecified atom stereocenters. The zero-order chi connectivity index (χ0) is 14.7. The number of nitrogens with zero attached hydrogens (tertiary/aromatic N) is 1. The molecule has 0 aliphatic heterocycles. The molecule has 21 heavy (non-hydrogen) atoms. The van der Waals surface area contributed by atoms with Crippen molar-refractivity contribution in [3.63, 3.8) is 0 Å². The number of H-pyrrole nitrogens is 1. The molecular weight excluding hydrogens is 260 g/mol. The number of hydrogen-bond donors (Lipinski definition) is 1. The molecule has 1 heterocycles. The average Bonchev–Trinajstić information content (AvgIpc) is 2.95. The minimum absolute atomic E-state index is 0.530. The van der Waals surface area contributed by atoms with Gasteiger partial charge in [-0.1, -0.05) is 60.7 Å². The van der Waals surface area contributed by atoms with E-state index in [1.165, 1.54) is 0 Å². The Bertz CT molecular complexity index is 783. The molecule has 3 heteroatoms. The third kappa shape index (κ3) is 2.28. The van der Waals surface area contributed by atoms with Crippen LogP contribution in [0.2, 0.25) is 0 Å². The van der Waals surface area contributed by atoms with E-state index in [-0.39, 0.29) is 0 Å². The number of aromatic nitrogens is 1. The molecule has 0 aliphatic carbocycles. The molecule has 1 N–H and O–H groups in total. The zero-order valence-electron chi connectivity index (χ0n) is 11.6. The van der Waals surface area contributed by atoms with Crippen molar-refractivity contribution in [3.05, 3.63) is 66.2 Å². The number of ether oxygens (including phenoxy) is 1. The van der Waals surface area contributed by atoms with Crippen LogP contribution < -0.4 is 4.74 Å². The predicted octanol–water partition coefficient (Wildman–Crippen LogP) is 4.23. The van der Waals surface area contributed by atoms with Crippen molar-refractivity contribution in [2.45, 2.75) is 0 Å². The smallest absolute Gasteiger partial charge is 0.162 e. The van der Waals surface area contributed by atoms with Gasteiger partial charge in [-0.15, -0.1) is 0 Å². The fraction of sp³-hybridized carbons (Fsp3) is 0.0556. The van der Waals surface area contributed by atoms with Crippen molar-refractivity contribution < 1.29 is 4.74 Å². The third-order valence-corrected chi connectivity index (χ3v) is 3.39. The Labute approximate surface area is 123 Å². The first-order chi connectivity index (χ1) is 10.3. The minimum Gasteiger partial charge on any atom is -0.493 e. The summed E-state index contributed by atoms with van der Waals surface area (Å²) in [6.07, 6.45) is 0. The first kappa shape index (κ1) is 13.0. The fourth-order valence-corrected chi connectivity index (χ4v) is 2.42. The van der Waals surface area contributed by atoms with E-state index in [4.69, 9.17) is 4.74 Å². The molecule has 0 saturated carbocycles. The van der Waals surface area contributed by atoms with E-state index in [1.54, 1.807) is 7.11 Å². The highest BCUT2D eigenvalue weighted by Gasteiger charge is 2.20. The van der Waals surface area contributed by atoms with Gasteiger partial charge in [0, 0.05) is 5.56 Å². The largest absolute Gasteiger partial charge is 0.493 e. The van der Waals surface area contributed by atoms with Gasteiger partial charge in [-0.05, 0) is 5.56 Å². The standard InChI is InChI=1S/C18H14N2O/c1-21-18-15(12-19)16(13-8-4-2-5-9-13)20-17(18)14-10-6-3-7-11-14/h2-11,20H,1H3. The number of aromatic amines is 1. The van der Waals surface area contributed by atoms with Crippen LogP contribution in [0.3, 0.4) is 0 Å². The molecule has 0 bridgehead atoms. The van der Waals surface area contributed by atoms with Gasteiger partial charge in [0.15, 0.2) is 5.75 Å². The maximum absolute atomic E-state index is 9.50. The van der Waals surface area contributed by atoms with E-state index in [1.807, 2.05) is 60.7 Å².